The van der Waals surface area contributed by atoms with E-state index in [1.165, 1.54) is 17.4 Å². The summed E-state index contributed by atoms with van der Waals surface area (Å²) in [5, 5.41) is 21.2. The van der Waals surface area contributed by atoms with E-state index in [0.29, 0.717) is 15.8 Å². The summed E-state index contributed by atoms with van der Waals surface area (Å²) in [6.45, 7) is 6.61. The van der Waals surface area contributed by atoms with E-state index in [2.05, 4.69) is 13.8 Å². The molecular weight excluding hydrogens is 252 g/mol. The summed E-state index contributed by atoms with van der Waals surface area (Å²) in [5.74, 6) is 0.478. The van der Waals surface area contributed by atoms with Crippen molar-refractivity contribution in [2.75, 3.05) is 18.5 Å². The zero-order valence-electron chi connectivity index (χ0n) is 11.2. The minimum atomic E-state index is -0.667. The molecule has 2 atom stereocenters. The van der Waals surface area contributed by atoms with Gasteiger partial charge in [0.2, 0.25) is 0 Å². The molecule has 18 heavy (non-hydrogen) atoms. The lowest BCUT2D eigenvalue weighted by Gasteiger charge is -2.20. The molecule has 1 aromatic heterocycles. The van der Waals surface area contributed by atoms with Crippen LogP contribution >= 0.6 is 11.3 Å². The predicted molar refractivity (Wildman–Crippen MR) is 74.3 cm³/mol. The molecule has 0 saturated heterocycles. The number of hydrogen-bond acceptors (Lipinski definition) is 5. The van der Waals surface area contributed by atoms with E-state index >= 15 is 0 Å². The summed E-state index contributed by atoms with van der Waals surface area (Å²) in [5.41, 5.74) is 0.0849. The Morgan fingerprint density at radius 2 is 2.17 bits per heavy atom. The zero-order chi connectivity index (χ0) is 13.9. The van der Waals surface area contributed by atoms with E-state index < -0.39 is 6.10 Å². The van der Waals surface area contributed by atoms with Gasteiger partial charge in [0, 0.05) is 24.5 Å². The average Bonchev–Trinajstić information content (AvgIpc) is 2.73. The highest BCUT2D eigenvalue weighted by Crippen LogP contribution is 2.39. The second-order valence-corrected chi connectivity index (χ2v) is 5.73. The minimum absolute atomic E-state index is 0.0849. The molecule has 0 spiro atoms. The SMILES string of the molecule is CCC(C)CN(C)c1sc([C@H](C)O)cc1[N+](=O)[O-]. The quantitative estimate of drug-likeness (QED) is 0.638. The number of nitrogens with zero attached hydrogens (tertiary/aromatic N) is 2. The van der Waals surface area contributed by atoms with Gasteiger partial charge in [-0.3, -0.25) is 10.1 Å². The van der Waals surface area contributed by atoms with Crippen molar-refractivity contribution in [2.45, 2.75) is 33.3 Å². The first-order chi connectivity index (χ1) is 8.36. The molecule has 0 bridgehead atoms. The van der Waals surface area contributed by atoms with Gasteiger partial charge in [-0.1, -0.05) is 20.3 Å². The predicted octanol–water partition coefficient (Wildman–Crippen LogP) is 3.19. The number of anilines is 1. The highest BCUT2D eigenvalue weighted by atomic mass is 32.1. The highest BCUT2D eigenvalue weighted by Gasteiger charge is 2.24. The third kappa shape index (κ3) is 3.43. The summed E-state index contributed by atoms with van der Waals surface area (Å²) < 4.78 is 0. The molecule has 0 aromatic carbocycles. The number of rotatable bonds is 6. The summed E-state index contributed by atoms with van der Waals surface area (Å²) in [6.07, 6.45) is 0.367. The lowest BCUT2D eigenvalue weighted by Crippen LogP contribution is -2.23. The number of thiophene rings is 1. The Morgan fingerprint density at radius 3 is 2.61 bits per heavy atom. The van der Waals surface area contributed by atoms with Crippen molar-refractivity contribution in [3.63, 3.8) is 0 Å². The first-order valence-electron chi connectivity index (χ1n) is 6.04. The number of aliphatic hydroxyl groups is 1. The van der Waals surface area contributed by atoms with Gasteiger partial charge >= 0.3 is 5.69 Å². The van der Waals surface area contributed by atoms with Gasteiger partial charge in [0.05, 0.1) is 11.0 Å². The Bertz CT molecular complexity index is 417. The van der Waals surface area contributed by atoms with Crippen LogP contribution in [0.2, 0.25) is 0 Å². The van der Waals surface area contributed by atoms with Crippen LogP contribution in [0.15, 0.2) is 6.07 Å². The second kappa shape index (κ2) is 6.15. The monoisotopic (exact) mass is 272 g/mol. The molecule has 0 fully saturated rings. The van der Waals surface area contributed by atoms with E-state index in [1.54, 1.807) is 6.92 Å². The Hall–Kier alpha value is -1.14. The number of hydrogen-bond donors (Lipinski definition) is 1. The van der Waals surface area contributed by atoms with Crippen LogP contribution in [-0.4, -0.2) is 23.6 Å². The fourth-order valence-corrected chi connectivity index (χ4v) is 2.71. The fourth-order valence-electron chi connectivity index (χ4n) is 1.68. The van der Waals surface area contributed by atoms with E-state index in [9.17, 15) is 15.2 Å². The standard InChI is InChI=1S/C12H20N2O3S/c1-5-8(2)7-13(4)12-10(14(16)17)6-11(18-12)9(3)15/h6,8-9,15H,5,7H2,1-4H3/t8?,9-/m0/s1. The summed E-state index contributed by atoms with van der Waals surface area (Å²) in [4.78, 5) is 13.2. The van der Waals surface area contributed by atoms with E-state index in [0.717, 1.165) is 13.0 Å². The van der Waals surface area contributed by atoms with E-state index in [-0.39, 0.29) is 10.6 Å². The molecule has 1 rings (SSSR count). The van der Waals surface area contributed by atoms with Crippen molar-refractivity contribution in [2.24, 2.45) is 5.92 Å². The molecule has 0 saturated carbocycles. The molecule has 0 radical (unpaired) electrons. The van der Waals surface area contributed by atoms with E-state index in [4.69, 9.17) is 0 Å². The van der Waals surface area contributed by atoms with Crippen molar-refractivity contribution in [3.05, 3.63) is 21.1 Å². The molecule has 0 aliphatic carbocycles. The molecule has 0 aliphatic heterocycles. The van der Waals surface area contributed by atoms with Crippen LogP contribution in [0, 0.1) is 16.0 Å². The first kappa shape index (κ1) is 14.9. The second-order valence-electron chi connectivity index (χ2n) is 4.67. The van der Waals surface area contributed by atoms with Crippen LogP contribution in [0.5, 0.6) is 0 Å². The molecule has 1 aromatic rings. The molecular formula is C12H20N2O3S. The molecule has 1 N–H and O–H groups in total. The molecule has 1 unspecified atom stereocenters. The van der Waals surface area contributed by atoms with Gasteiger partial charge in [-0.15, -0.1) is 11.3 Å². The van der Waals surface area contributed by atoms with Gasteiger partial charge in [0.15, 0.2) is 5.00 Å². The van der Waals surface area contributed by atoms with Crippen molar-refractivity contribution in [1.29, 1.82) is 0 Å². The lowest BCUT2D eigenvalue weighted by molar-refractivity contribution is -0.383. The normalized spacial score (nSPS) is 14.3. The Kier molecular flexibility index (Phi) is 5.10. The molecule has 5 nitrogen and oxygen atoms in total. The van der Waals surface area contributed by atoms with Gasteiger partial charge in [0.1, 0.15) is 0 Å². The van der Waals surface area contributed by atoms with Gasteiger partial charge in [-0.2, -0.15) is 0 Å². The molecule has 1 heterocycles. The Balaban J connectivity index is 3.02. The topological polar surface area (TPSA) is 66.6 Å². The Morgan fingerprint density at radius 1 is 1.56 bits per heavy atom. The third-order valence-electron chi connectivity index (χ3n) is 2.95. The molecule has 6 heteroatoms. The zero-order valence-corrected chi connectivity index (χ0v) is 12.0. The summed E-state index contributed by atoms with van der Waals surface area (Å²) in [6, 6.07) is 1.47. The maximum absolute atomic E-state index is 11.0. The van der Waals surface area contributed by atoms with Crippen LogP contribution in [-0.2, 0) is 0 Å². The van der Waals surface area contributed by atoms with Gasteiger partial charge in [-0.05, 0) is 12.8 Å². The van der Waals surface area contributed by atoms with E-state index in [1.807, 2.05) is 11.9 Å². The lowest BCUT2D eigenvalue weighted by atomic mass is 10.1. The largest absolute Gasteiger partial charge is 0.388 e. The molecule has 0 amide bonds. The van der Waals surface area contributed by atoms with Crippen molar-refractivity contribution >= 4 is 22.0 Å². The smallest absolute Gasteiger partial charge is 0.304 e. The average molecular weight is 272 g/mol. The maximum atomic E-state index is 11.0. The van der Waals surface area contributed by atoms with Crippen LogP contribution in [0.3, 0.4) is 0 Å². The van der Waals surface area contributed by atoms with Crippen molar-refractivity contribution < 1.29 is 10.0 Å². The van der Waals surface area contributed by atoms with Crippen LogP contribution in [0.4, 0.5) is 10.7 Å². The highest BCUT2D eigenvalue weighted by molar-refractivity contribution is 7.16. The number of nitro groups is 1. The summed E-state index contributed by atoms with van der Waals surface area (Å²) in [7, 11) is 1.86. The van der Waals surface area contributed by atoms with Gasteiger partial charge in [-0.25, -0.2) is 0 Å². The Labute approximate surface area is 111 Å². The van der Waals surface area contributed by atoms with Crippen LogP contribution < -0.4 is 4.90 Å². The minimum Gasteiger partial charge on any atom is -0.388 e. The fraction of sp³-hybridized carbons (Fsp3) is 0.667. The van der Waals surface area contributed by atoms with Crippen LogP contribution in [0.1, 0.15) is 38.2 Å². The van der Waals surface area contributed by atoms with Gasteiger partial charge < -0.3 is 10.0 Å². The molecule has 0 aliphatic rings. The van der Waals surface area contributed by atoms with Crippen molar-refractivity contribution in [1.82, 2.24) is 0 Å². The van der Waals surface area contributed by atoms with Gasteiger partial charge in [0.25, 0.3) is 0 Å². The van der Waals surface area contributed by atoms with Crippen LogP contribution in [0.25, 0.3) is 0 Å². The third-order valence-corrected chi connectivity index (χ3v) is 4.36. The summed E-state index contributed by atoms with van der Waals surface area (Å²) >= 11 is 1.29. The molecule has 102 valence electrons. The maximum Gasteiger partial charge on any atom is 0.304 e. The number of aliphatic hydroxyl groups excluding tert-OH is 1. The first-order valence-corrected chi connectivity index (χ1v) is 6.85. The van der Waals surface area contributed by atoms with Crippen molar-refractivity contribution in [3.8, 4) is 0 Å².